The van der Waals surface area contributed by atoms with Crippen molar-refractivity contribution in [1.82, 2.24) is 0 Å². The molecule has 0 spiro atoms. The predicted molar refractivity (Wildman–Crippen MR) is 306 cm³/mol. The molecule has 0 aromatic carbocycles. The number of ether oxygens (including phenoxy) is 2. The number of rotatable bonds is 54. The molecule has 1 N–H and O–H groups in total. The monoisotopic (exact) mass is 973 g/mol. The molecule has 0 saturated heterocycles. The largest absolute Gasteiger partial charge is 0.462 e. The predicted octanol–water partition coefficient (Wildman–Crippen LogP) is 20.3. The highest BCUT2D eigenvalue weighted by Crippen LogP contribution is 2.17. The van der Waals surface area contributed by atoms with Gasteiger partial charge in [-0.3, -0.25) is 9.59 Å². The van der Waals surface area contributed by atoms with Crippen LogP contribution < -0.4 is 0 Å². The van der Waals surface area contributed by atoms with E-state index in [0.29, 0.717) is 12.8 Å². The second-order valence-corrected chi connectivity index (χ2v) is 19.7. The van der Waals surface area contributed by atoms with Crippen molar-refractivity contribution in [2.75, 3.05) is 13.2 Å². The van der Waals surface area contributed by atoms with Crippen molar-refractivity contribution < 1.29 is 24.2 Å². The first-order chi connectivity index (χ1) is 34.6. The summed E-state index contributed by atoms with van der Waals surface area (Å²) in [6.07, 6.45) is 85.5. The molecule has 5 heteroatoms. The van der Waals surface area contributed by atoms with Crippen molar-refractivity contribution in [3.63, 3.8) is 0 Å². The Kier molecular flexibility index (Phi) is 57.4. The zero-order valence-electron chi connectivity index (χ0n) is 46.0. The number of carbonyl (C=O) groups is 2. The number of hydrogen-bond acceptors (Lipinski definition) is 5. The molecule has 5 nitrogen and oxygen atoms in total. The van der Waals surface area contributed by atoms with Gasteiger partial charge in [-0.2, -0.15) is 0 Å². The molecule has 70 heavy (non-hydrogen) atoms. The summed E-state index contributed by atoms with van der Waals surface area (Å²) in [5, 5.41) is 9.64. The minimum atomic E-state index is -0.800. The van der Waals surface area contributed by atoms with Crippen molar-refractivity contribution in [3.8, 4) is 0 Å². The zero-order chi connectivity index (χ0) is 50.6. The zero-order valence-corrected chi connectivity index (χ0v) is 46.0. The SMILES string of the molecule is CC/C=C\C/C=C\C/C=C\C/C=C\C/C=C\C/C=C\CCCCC(=O)OC(CO)COC(=O)CCCCCCCCCCCCCCCCCCCCCCCCC/C=C\C/C=C\CCCCCCC. The van der Waals surface area contributed by atoms with Crippen molar-refractivity contribution in [2.24, 2.45) is 0 Å². The smallest absolute Gasteiger partial charge is 0.306 e. The fourth-order valence-corrected chi connectivity index (χ4v) is 8.41. The number of hydrogen-bond donors (Lipinski definition) is 1. The van der Waals surface area contributed by atoms with Gasteiger partial charge >= 0.3 is 11.9 Å². The number of aliphatic hydroxyl groups excluding tert-OH is 1. The Hall–Kier alpha value is -3.18. The molecule has 0 aliphatic heterocycles. The molecule has 1 unspecified atom stereocenters. The minimum absolute atomic E-state index is 0.0861. The van der Waals surface area contributed by atoms with Crippen LogP contribution in [0.25, 0.3) is 0 Å². The Bertz CT molecular complexity index is 1330. The second kappa shape index (κ2) is 60.1. The molecule has 0 bridgehead atoms. The maximum absolute atomic E-state index is 12.3. The summed E-state index contributed by atoms with van der Waals surface area (Å²) >= 11 is 0. The lowest BCUT2D eigenvalue weighted by atomic mass is 10.0. The van der Waals surface area contributed by atoms with Crippen LogP contribution in [0.2, 0.25) is 0 Å². The second-order valence-electron chi connectivity index (χ2n) is 19.7. The van der Waals surface area contributed by atoms with Gasteiger partial charge in [0, 0.05) is 12.8 Å². The van der Waals surface area contributed by atoms with Gasteiger partial charge in [-0.15, -0.1) is 0 Å². The first kappa shape index (κ1) is 66.8. The van der Waals surface area contributed by atoms with Gasteiger partial charge < -0.3 is 14.6 Å². The molecule has 0 radical (unpaired) electrons. The van der Waals surface area contributed by atoms with Crippen LogP contribution in [0.1, 0.15) is 284 Å². The van der Waals surface area contributed by atoms with Crippen LogP contribution in [0, 0.1) is 0 Å². The molecular formula is C65H112O5. The number of aliphatic hydroxyl groups is 1. The first-order valence-electron chi connectivity index (χ1n) is 29.8. The molecule has 402 valence electrons. The molecule has 0 fully saturated rings. The third-order valence-electron chi connectivity index (χ3n) is 12.9. The van der Waals surface area contributed by atoms with Gasteiger partial charge in [0.25, 0.3) is 0 Å². The van der Waals surface area contributed by atoms with E-state index in [-0.39, 0.29) is 25.2 Å². The van der Waals surface area contributed by atoms with Crippen LogP contribution in [0.5, 0.6) is 0 Å². The Balaban J connectivity index is 3.49. The molecule has 0 heterocycles. The van der Waals surface area contributed by atoms with Crippen LogP contribution in [-0.4, -0.2) is 36.4 Å². The normalized spacial score (nSPS) is 12.9. The maximum Gasteiger partial charge on any atom is 0.306 e. The fourth-order valence-electron chi connectivity index (χ4n) is 8.41. The van der Waals surface area contributed by atoms with E-state index in [9.17, 15) is 14.7 Å². The van der Waals surface area contributed by atoms with E-state index < -0.39 is 6.10 Å². The average molecular weight is 974 g/mol. The highest BCUT2D eigenvalue weighted by Gasteiger charge is 2.16. The van der Waals surface area contributed by atoms with Crippen molar-refractivity contribution in [1.29, 1.82) is 0 Å². The summed E-state index contributed by atoms with van der Waals surface area (Å²) in [5.74, 6) is -0.637. The highest BCUT2D eigenvalue weighted by atomic mass is 16.6. The Morgan fingerprint density at radius 2 is 0.614 bits per heavy atom. The van der Waals surface area contributed by atoms with E-state index in [1.807, 2.05) is 0 Å². The summed E-state index contributed by atoms with van der Waals surface area (Å²) < 4.78 is 10.7. The maximum atomic E-state index is 12.3. The number of allylic oxidation sites excluding steroid dienone is 16. The standard InChI is InChI=1S/C65H112O5/c1-3-5-7-9-11-13-15-17-19-21-23-25-26-27-28-29-30-31-32-33-34-35-36-37-38-40-41-43-45-47-49-51-53-55-57-59-64(67)69-62-63(61-66)70-65(68)60-58-56-54-52-50-48-46-44-42-39-24-22-20-18-16-14-12-10-8-6-4-2/h6,8,12,14-15,17-18,20-21,23-24,39,44,46,50,52,63,66H,3-5,7,9-11,13,16,19,22,25-38,40-43,45,47-49,51,53-62H2,1-2H3/b8-6-,14-12-,17-15-,20-18-,23-21-,39-24-,46-44-,52-50-. The molecule has 0 rings (SSSR count). The lowest BCUT2D eigenvalue weighted by Crippen LogP contribution is -2.28. The Morgan fingerprint density at radius 3 is 0.957 bits per heavy atom. The molecule has 0 aromatic heterocycles. The summed E-state index contributed by atoms with van der Waals surface area (Å²) in [6.45, 7) is 4.00. The highest BCUT2D eigenvalue weighted by molar-refractivity contribution is 5.70. The quantitative estimate of drug-likeness (QED) is 0.0373. The van der Waals surface area contributed by atoms with Crippen LogP contribution >= 0.6 is 0 Å². The summed E-state index contributed by atoms with van der Waals surface area (Å²) in [6, 6.07) is 0. The molecule has 1 atom stereocenters. The van der Waals surface area contributed by atoms with Gasteiger partial charge in [-0.05, 0) is 96.3 Å². The van der Waals surface area contributed by atoms with Gasteiger partial charge in [0.05, 0.1) is 6.61 Å². The van der Waals surface area contributed by atoms with Gasteiger partial charge in [0.2, 0.25) is 0 Å². The van der Waals surface area contributed by atoms with Crippen LogP contribution in [0.4, 0.5) is 0 Å². The summed E-state index contributed by atoms with van der Waals surface area (Å²) in [7, 11) is 0. The lowest BCUT2D eigenvalue weighted by Gasteiger charge is -2.15. The molecule has 0 saturated carbocycles. The topological polar surface area (TPSA) is 72.8 Å². The number of unbranched alkanes of at least 4 members (excludes halogenated alkanes) is 30. The number of carbonyl (C=O) groups excluding carboxylic acids is 2. The van der Waals surface area contributed by atoms with Crippen LogP contribution in [-0.2, 0) is 19.1 Å². The molecule has 0 amide bonds. The molecule has 0 aromatic rings. The van der Waals surface area contributed by atoms with Crippen molar-refractivity contribution >= 4 is 11.9 Å². The van der Waals surface area contributed by atoms with E-state index in [1.165, 1.54) is 173 Å². The summed E-state index contributed by atoms with van der Waals surface area (Å²) in [4.78, 5) is 24.5. The van der Waals surface area contributed by atoms with Gasteiger partial charge in [0.15, 0.2) is 6.10 Å². The van der Waals surface area contributed by atoms with E-state index in [1.54, 1.807) is 0 Å². The summed E-state index contributed by atoms with van der Waals surface area (Å²) in [5.41, 5.74) is 0. The van der Waals surface area contributed by atoms with Gasteiger partial charge in [-0.1, -0.05) is 272 Å². The first-order valence-corrected chi connectivity index (χ1v) is 29.8. The third kappa shape index (κ3) is 57.4. The molecule has 0 aliphatic rings. The van der Waals surface area contributed by atoms with Crippen molar-refractivity contribution in [3.05, 3.63) is 97.2 Å². The van der Waals surface area contributed by atoms with Crippen LogP contribution in [0.15, 0.2) is 97.2 Å². The Labute approximate surface area is 434 Å². The fraction of sp³-hybridized carbons (Fsp3) is 0.723. The van der Waals surface area contributed by atoms with Gasteiger partial charge in [-0.25, -0.2) is 0 Å². The van der Waals surface area contributed by atoms with Gasteiger partial charge in [0.1, 0.15) is 6.61 Å². The minimum Gasteiger partial charge on any atom is -0.462 e. The third-order valence-corrected chi connectivity index (χ3v) is 12.9. The Morgan fingerprint density at radius 1 is 0.343 bits per heavy atom. The van der Waals surface area contributed by atoms with E-state index in [0.717, 1.165) is 83.5 Å². The van der Waals surface area contributed by atoms with E-state index in [4.69, 9.17) is 9.47 Å². The molecule has 0 aliphatic carbocycles. The molecular weight excluding hydrogens is 861 g/mol. The average Bonchev–Trinajstić information content (AvgIpc) is 3.36. The lowest BCUT2D eigenvalue weighted by molar-refractivity contribution is -0.161. The van der Waals surface area contributed by atoms with Crippen molar-refractivity contribution in [2.45, 2.75) is 290 Å². The van der Waals surface area contributed by atoms with Crippen LogP contribution in [0.3, 0.4) is 0 Å². The number of esters is 2. The van der Waals surface area contributed by atoms with E-state index in [2.05, 4.69) is 111 Å². The van der Waals surface area contributed by atoms with E-state index >= 15 is 0 Å².